The third-order valence-corrected chi connectivity index (χ3v) is 2.34. The molecule has 0 amide bonds. The molecule has 0 aliphatic heterocycles. The number of hydrogen-bond acceptors (Lipinski definition) is 3. The first-order valence-corrected chi connectivity index (χ1v) is 5.88. The van der Waals surface area contributed by atoms with Gasteiger partial charge in [-0.25, -0.2) is 4.39 Å². The van der Waals surface area contributed by atoms with Gasteiger partial charge in [0.15, 0.2) is 0 Å². The van der Waals surface area contributed by atoms with Gasteiger partial charge in [-0.3, -0.25) is 0 Å². The van der Waals surface area contributed by atoms with Crippen LogP contribution in [0.15, 0.2) is 12.1 Å². The normalized spacial score (nSPS) is 10.9. The van der Waals surface area contributed by atoms with Crippen LogP contribution in [0.3, 0.4) is 0 Å². The van der Waals surface area contributed by atoms with Crippen molar-refractivity contribution in [2.24, 2.45) is 5.92 Å². The van der Waals surface area contributed by atoms with Gasteiger partial charge in [-0.15, -0.1) is 0 Å². The molecule has 0 aliphatic carbocycles. The first kappa shape index (κ1) is 13.8. The number of rotatable bonds is 6. The van der Waals surface area contributed by atoms with E-state index in [1.807, 2.05) is 0 Å². The van der Waals surface area contributed by atoms with Crippen molar-refractivity contribution >= 4 is 11.4 Å². The fourth-order valence-electron chi connectivity index (χ4n) is 1.43. The first-order chi connectivity index (χ1) is 8.00. The van der Waals surface area contributed by atoms with Gasteiger partial charge < -0.3 is 15.8 Å². The molecule has 1 rings (SSSR count). The predicted molar refractivity (Wildman–Crippen MR) is 69.7 cm³/mol. The number of benzene rings is 1. The lowest BCUT2D eigenvalue weighted by Crippen LogP contribution is -2.13. The number of anilines is 2. The summed E-state index contributed by atoms with van der Waals surface area (Å²) in [6, 6.07) is 3.06. The third-order valence-electron chi connectivity index (χ3n) is 2.34. The Labute approximate surface area is 102 Å². The molecule has 0 aromatic heterocycles. The van der Waals surface area contributed by atoms with Gasteiger partial charge in [-0.2, -0.15) is 0 Å². The maximum atomic E-state index is 13.2. The Kier molecular flexibility index (Phi) is 5.22. The quantitative estimate of drug-likeness (QED) is 0.593. The average molecular weight is 240 g/mol. The van der Waals surface area contributed by atoms with E-state index in [1.165, 1.54) is 6.07 Å². The van der Waals surface area contributed by atoms with Crippen LogP contribution >= 0.6 is 0 Å². The molecule has 0 saturated carbocycles. The second-order valence-electron chi connectivity index (χ2n) is 4.58. The van der Waals surface area contributed by atoms with Crippen LogP contribution in [-0.2, 0) is 4.74 Å². The summed E-state index contributed by atoms with van der Waals surface area (Å²) >= 11 is 0. The van der Waals surface area contributed by atoms with Gasteiger partial charge in [0.05, 0.1) is 18.0 Å². The maximum absolute atomic E-state index is 13.2. The second-order valence-corrected chi connectivity index (χ2v) is 4.58. The van der Waals surface area contributed by atoms with Crippen LogP contribution in [0.4, 0.5) is 15.8 Å². The van der Waals surface area contributed by atoms with Crippen molar-refractivity contribution in [3.8, 4) is 0 Å². The van der Waals surface area contributed by atoms with Gasteiger partial charge in [-0.05, 0) is 30.5 Å². The van der Waals surface area contributed by atoms with Gasteiger partial charge >= 0.3 is 0 Å². The summed E-state index contributed by atoms with van der Waals surface area (Å²) in [5, 5.41) is 3.14. The zero-order chi connectivity index (χ0) is 12.8. The highest BCUT2D eigenvalue weighted by Crippen LogP contribution is 2.22. The number of nitrogen functional groups attached to an aromatic ring is 1. The molecule has 0 aliphatic rings. The summed E-state index contributed by atoms with van der Waals surface area (Å²) in [7, 11) is 0. The van der Waals surface area contributed by atoms with Gasteiger partial charge in [0.25, 0.3) is 0 Å². The van der Waals surface area contributed by atoms with E-state index in [0.29, 0.717) is 30.3 Å². The molecule has 1 aromatic carbocycles. The molecular weight excluding hydrogens is 219 g/mol. The minimum Gasteiger partial charge on any atom is -0.397 e. The molecule has 1 aromatic rings. The number of aryl methyl sites for hydroxylation is 1. The first-order valence-electron chi connectivity index (χ1n) is 5.88. The molecular formula is C13H21FN2O. The van der Waals surface area contributed by atoms with Crippen molar-refractivity contribution in [2.45, 2.75) is 20.8 Å². The molecule has 0 unspecified atom stereocenters. The van der Waals surface area contributed by atoms with E-state index in [0.717, 1.165) is 12.3 Å². The molecule has 96 valence electrons. The fourth-order valence-corrected chi connectivity index (χ4v) is 1.43. The molecule has 0 bridgehead atoms. The average Bonchev–Trinajstić information content (AvgIpc) is 2.24. The molecule has 0 saturated heterocycles. The Morgan fingerprint density at radius 1 is 1.41 bits per heavy atom. The van der Waals surface area contributed by atoms with Gasteiger partial charge in [-0.1, -0.05) is 13.8 Å². The number of nitrogens with one attached hydrogen (secondary N) is 1. The number of ether oxygens (including phenoxy) is 1. The zero-order valence-electron chi connectivity index (χ0n) is 10.7. The van der Waals surface area contributed by atoms with E-state index in [1.54, 1.807) is 13.0 Å². The van der Waals surface area contributed by atoms with Crippen LogP contribution < -0.4 is 11.1 Å². The molecule has 4 heteroatoms. The molecule has 0 radical (unpaired) electrons. The summed E-state index contributed by atoms with van der Waals surface area (Å²) in [5.74, 6) is 0.261. The SMILES string of the molecule is Cc1cc(NCCOCC(C)C)c(N)cc1F. The minimum absolute atomic E-state index is 0.274. The van der Waals surface area contributed by atoms with Gasteiger partial charge in [0, 0.05) is 13.2 Å². The Morgan fingerprint density at radius 2 is 2.12 bits per heavy atom. The van der Waals surface area contributed by atoms with Crippen LogP contribution in [0.1, 0.15) is 19.4 Å². The molecule has 0 heterocycles. The van der Waals surface area contributed by atoms with E-state index in [2.05, 4.69) is 19.2 Å². The van der Waals surface area contributed by atoms with E-state index in [-0.39, 0.29) is 5.82 Å². The summed E-state index contributed by atoms with van der Waals surface area (Å²) < 4.78 is 18.6. The van der Waals surface area contributed by atoms with Crippen LogP contribution in [0.5, 0.6) is 0 Å². The number of halogens is 1. The zero-order valence-corrected chi connectivity index (χ0v) is 10.7. The van der Waals surface area contributed by atoms with E-state index in [4.69, 9.17) is 10.5 Å². The standard InChI is InChI=1S/C13H21FN2O/c1-9(2)8-17-5-4-16-13-6-10(3)11(14)7-12(13)15/h6-7,9,16H,4-5,8,15H2,1-3H3. The number of nitrogens with two attached hydrogens (primary N) is 1. The van der Waals surface area contributed by atoms with Crippen molar-refractivity contribution in [3.63, 3.8) is 0 Å². The Balaban J connectivity index is 2.39. The van der Waals surface area contributed by atoms with Crippen molar-refractivity contribution in [2.75, 3.05) is 30.8 Å². The van der Waals surface area contributed by atoms with Gasteiger partial charge in [0.1, 0.15) is 5.82 Å². The van der Waals surface area contributed by atoms with E-state index >= 15 is 0 Å². The van der Waals surface area contributed by atoms with Crippen molar-refractivity contribution in [1.29, 1.82) is 0 Å². The summed E-state index contributed by atoms with van der Waals surface area (Å²) in [4.78, 5) is 0. The molecule has 0 fully saturated rings. The van der Waals surface area contributed by atoms with E-state index in [9.17, 15) is 4.39 Å². The van der Waals surface area contributed by atoms with Crippen LogP contribution in [-0.4, -0.2) is 19.8 Å². The fraction of sp³-hybridized carbons (Fsp3) is 0.538. The highest BCUT2D eigenvalue weighted by atomic mass is 19.1. The Bertz CT molecular complexity index is 367. The smallest absolute Gasteiger partial charge is 0.128 e. The summed E-state index contributed by atoms with van der Waals surface area (Å²) in [5.41, 5.74) is 7.49. The summed E-state index contributed by atoms with van der Waals surface area (Å²) in [6.07, 6.45) is 0. The Morgan fingerprint density at radius 3 is 2.76 bits per heavy atom. The summed E-state index contributed by atoms with van der Waals surface area (Å²) in [6.45, 7) is 7.97. The monoisotopic (exact) mass is 240 g/mol. The molecule has 0 atom stereocenters. The third kappa shape index (κ3) is 4.61. The lowest BCUT2D eigenvalue weighted by atomic mass is 10.2. The largest absolute Gasteiger partial charge is 0.397 e. The highest BCUT2D eigenvalue weighted by molar-refractivity contribution is 5.67. The second kappa shape index (κ2) is 6.45. The topological polar surface area (TPSA) is 47.3 Å². The Hall–Kier alpha value is -1.29. The van der Waals surface area contributed by atoms with Crippen molar-refractivity contribution in [3.05, 3.63) is 23.5 Å². The highest BCUT2D eigenvalue weighted by Gasteiger charge is 2.04. The molecule has 0 spiro atoms. The maximum Gasteiger partial charge on any atom is 0.128 e. The molecule has 17 heavy (non-hydrogen) atoms. The number of hydrogen-bond donors (Lipinski definition) is 2. The lowest BCUT2D eigenvalue weighted by molar-refractivity contribution is 0.118. The molecule has 3 N–H and O–H groups in total. The molecule has 3 nitrogen and oxygen atoms in total. The van der Waals surface area contributed by atoms with E-state index < -0.39 is 0 Å². The van der Waals surface area contributed by atoms with Crippen LogP contribution in [0.25, 0.3) is 0 Å². The van der Waals surface area contributed by atoms with Crippen LogP contribution in [0.2, 0.25) is 0 Å². The van der Waals surface area contributed by atoms with Crippen LogP contribution in [0, 0.1) is 18.7 Å². The predicted octanol–water partition coefficient (Wildman–Crippen LogP) is 2.80. The minimum atomic E-state index is -0.274. The lowest BCUT2D eigenvalue weighted by Gasteiger charge is -2.12. The van der Waals surface area contributed by atoms with Gasteiger partial charge in [0.2, 0.25) is 0 Å². The van der Waals surface area contributed by atoms with Crippen molar-refractivity contribution in [1.82, 2.24) is 0 Å². The van der Waals surface area contributed by atoms with Crippen molar-refractivity contribution < 1.29 is 9.13 Å².